The van der Waals surface area contributed by atoms with Crippen LogP contribution in [-0.2, 0) is 6.42 Å². The molecular formula is C14H17ClN4. The first-order chi connectivity index (χ1) is 9.11. The molecule has 0 aliphatic carbocycles. The Kier molecular flexibility index (Phi) is 4.22. The lowest BCUT2D eigenvalue weighted by Gasteiger charge is -2.17. The summed E-state index contributed by atoms with van der Waals surface area (Å²) < 4.78 is 0. The zero-order valence-corrected chi connectivity index (χ0v) is 11.8. The number of halogens is 1. The fourth-order valence-corrected chi connectivity index (χ4v) is 2.06. The Morgan fingerprint density at radius 2 is 1.95 bits per heavy atom. The smallest absolute Gasteiger partial charge is 0.135 e. The molecule has 1 unspecified atom stereocenters. The number of aromatic nitrogens is 2. The number of nitrogens with zero attached hydrogens (tertiary/aromatic N) is 2. The molecular weight excluding hydrogens is 260 g/mol. The molecule has 0 radical (unpaired) electrons. The SMILES string of the molecule is CCc1c(N)ncnc1NC(C)c1ccc(Cl)cc1. The highest BCUT2D eigenvalue weighted by molar-refractivity contribution is 6.30. The van der Waals surface area contributed by atoms with E-state index in [2.05, 4.69) is 22.2 Å². The average Bonchev–Trinajstić information content (AvgIpc) is 2.39. The van der Waals surface area contributed by atoms with Crippen LogP contribution in [-0.4, -0.2) is 9.97 Å². The van der Waals surface area contributed by atoms with Gasteiger partial charge in [-0.2, -0.15) is 0 Å². The highest BCUT2D eigenvalue weighted by atomic mass is 35.5. The summed E-state index contributed by atoms with van der Waals surface area (Å²) in [5.74, 6) is 1.32. The molecule has 1 heterocycles. The van der Waals surface area contributed by atoms with Crippen molar-refractivity contribution in [2.75, 3.05) is 11.1 Å². The van der Waals surface area contributed by atoms with Crippen LogP contribution in [0.4, 0.5) is 11.6 Å². The van der Waals surface area contributed by atoms with E-state index in [1.165, 1.54) is 6.33 Å². The normalized spacial score (nSPS) is 12.2. The van der Waals surface area contributed by atoms with Crippen molar-refractivity contribution in [1.82, 2.24) is 9.97 Å². The molecule has 0 aliphatic rings. The van der Waals surface area contributed by atoms with Crippen molar-refractivity contribution in [1.29, 1.82) is 0 Å². The zero-order chi connectivity index (χ0) is 13.8. The van der Waals surface area contributed by atoms with E-state index in [-0.39, 0.29) is 6.04 Å². The lowest BCUT2D eigenvalue weighted by Crippen LogP contribution is -2.11. The van der Waals surface area contributed by atoms with E-state index in [4.69, 9.17) is 17.3 Å². The van der Waals surface area contributed by atoms with Crippen LogP contribution in [0.5, 0.6) is 0 Å². The van der Waals surface area contributed by atoms with Gasteiger partial charge in [-0.1, -0.05) is 30.7 Å². The molecule has 0 spiro atoms. The Labute approximate surface area is 118 Å². The summed E-state index contributed by atoms with van der Waals surface area (Å²) in [7, 11) is 0. The quantitative estimate of drug-likeness (QED) is 0.898. The van der Waals surface area contributed by atoms with Gasteiger partial charge in [0.2, 0.25) is 0 Å². The zero-order valence-electron chi connectivity index (χ0n) is 11.0. The number of nitrogens with one attached hydrogen (secondary N) is 1. The minimum absolute atomic E-state index is 0.122. The van der Waals surface area contributed by atoms with Crippen molar-refractivity contribution in [3.8, 4) is 0 Å². The molecule has 0 fully saturated rings. The topological polar surface area (TPSA) is 63.8 Å². The molecule has 0 aliphatic heterocycles. The first kappa shape index (κ1) is 13.6. The van der Waals surface area contributed by atoms with Gasteiger partial charge in [-0.3, -0.25) is 0 Å². The van der Waals surface area contributed by atoms with Crippen LogP contribution in [0.1, 0.15) is 31.0 Å². The van der Waals surface area contributed by atoms with Crippen LogP contribution in [0, 0.1) is 0 Å². The Hall–Kier alpha value is -1.81. The monoisotopic (exact) mass is 276 g/mol. The molecule has 1 aromatic carbocycles. The van der Waals surface area contributed by atoms with Gasteiger partial charge >= 0.3 is 0 Å². The van der Waals surface area contributed by atoms with Crippen molar-refractivity contribution in [2.45, 2.75) is 26.3 Å². The van der Waals surface area contributed by atoms with Gasteiger partial charge in [-0.05, 0) is 31.0 Å². The van der Waals surface area contributed by atoms with Gasteiger partial charge in [-0.15, -0.1) is 0 Å². The molecule has 0 saturated carbocycles. The van der Waals surface area contributed by atoms with E-state index in [0.717, 1.165) is 28.4 Å². The Balaban J connectivity index is 2.21. The number of nitrogens with two attached hydrogens (primary N) is 1. The first-order valence-corrected chi connectivity index (χ1v) is 6.61. The molecule has 2 rings (SSSR count). The Morgan fingerprint density at radius 1 is 1.26 bits per heavy atom. The van der Waals surface area contributed by atoms with Crippen molar-refractivity contribution >= 4 is 23.2 Å². The predicted molar refractivity (Wildman–Crippen MR) is 79.3 cm³/mol. The summed E-state index contributed by atoms with van der Waals surface area (Å²) in [6, 6.07) is 7.87. The third-order valence-electron chi connectivity index (χ3n) is 3.06. The van der Waals surface area contributed by atoms with Gasteiger partial charge in [-0.25, -0.2) is 9.97 Å². The highest BCUT2D eigenvalue weighted by Gasteiger charge is 2.11. The summed E-state index contributed by atoms with van der Waals surface area (Å²) in [5.41, 5.74) is 7.95. The van der Waals surface area contributed by atoms with E-state index in [9.17, 15) is 0 Å². The second-order valence-electron chi connectivity index (χ2n) is 4.36. The van der Waals surface area contributed by atoms with Crippen LogP contribution < -0.4 is 11.1 Å². The maximum atomic E-state index is 5.89. The maximum Gasteiger partial charge on any atom is 0.135 e. The maximum absolute atomic E-state index is 5.89. The molecule has 19 heavy (non-hydrogen) atoms. The summed E-state index contributed by atoms with van der Waals surface area (Å²) in [6.07, 6.45) is 2.27. The van der Waals surface area contributed by atoms with Gasteiger partial charge < -0.3 is 11.1 Å². The van der Waals surface area contributed by atoms with Crippen LogP contribution >= 0.6 is 11.6 Å². The lowest BCUT2D eigenvalue weighted by molar-refractivity contribution is 0.864. The largest absolute Gasteiger partial charge is 0.383 e. The van der Waals surface area contributed by atoms with Gasteiger partial charge in [0.05, 0.1) is 0 Å². The molecule has 2 aromatic rings. The van der Waals surface area contributed by atoms with E-state index < -0.39 is 0 Å². The Morgan fingerprint density at radius 3 is 2.58 bits per heavy atom. The number of benzene rings is 1. The second-order valence-corrected chi connectivity index (χ2v) is 4.79. The minimum Gasteiger partial charge on any atom is -0.383 e. The standard InChI is InChI=1S/C14H17ClN4/c1-3-12-13(16)17-8-18-14(12)19-9(2)10-4-6-11(15)7-5-10/h4-9H,3H2,1-2H3,(H3,16,17,18,19). The molecule has 0 bridgehead atoms. The van der Waals surface area contributed by atoms with Crippen LogP contribution in [0.15, 0.2) is 30.6 Å². The van der Waals surface area contributed by atoms with Crippen molar-refractivity contribution in [3.63, 3.8) is 0 Å². The number of hydrogen-bond acceptors (Lipinski definition) is 4. The third-order valence-corrected chi connectivity index (χ3v) is 3.31. The molecule has 0 amide bonds. The number of rotatable bonds is 4. The van der Waals surface area contributed by atoms with E-state index in [1.54, 1.807) is 0 Å². The van der Waals surface area contributed by atoms with Gasteiger partial charge in [0, 0.05) is 16.6 Å². The van der Waals surface area contributed by atoms with Crippen LogP contribution in [0.2, 0.25) is 5.02 Å². The van der Waals surface area contributed by atoms with Gasteiger partial charge in [0.1, 0.15) is 18.0 Å². The van der Waals surface area contributed by atoms with E-state index in [0.29, 0.717) is 5.82 Å². The summed E-state index contributed by atoms with van der Waals surface area (Å²) >= 11 is 5.89. The summed E-state index contributed by atoms with van der Waals surface area (Å²) in [6.45, 7) is 4.11. The number of anilines is 2. The summed E-state index contributed by atoms with van der Waals surface area (Å²) in [5, 5.41) is 4.10. The van der Waals surface area contributed by atoms with E-state index in [1.807, 2.05) is 31.2 Å². The number of hydrogen-bond donors (Lipinski definition) is 2. The second kappa shape index (κ2) is 5.89. The summed E-state index contributed by atoms with van der Waals surface area (Å²) in [4.78, 5) is 8.28. The van der Waals surface area contributed by atoms with Gasteiger partial charge in [0.15, 0.2) is 0 Å². The molecule has 100 valence electrons. The molecule has 5 heteroatoms. The third kappa shape index (κ3) is 3.15. The Bertz CT molecular complexity index is 554. The van der Waals surface area contributed by atoms with E-state index >= 15 is 0 Å². The number of nitrogen functional groups attached to an aromatic ring is 1. The van der Waals surface area contributed by atoms with Crippen molar-refractivity contribution in [2.24, 2.45) is 0 Å². The molecule has 0 saturated heterocycles. The lowest BCUT2D eigenvalue weighted by atomic mass is 10.1. The first-order valence-electron chi connectivity index (χ1n) is 6.23. The predicted octanol–water partition coefficient (Wildman–Crippen LogP) is 3.45. The van der Waals surface area contributed by atoms with Crippen LogP contribution in [0.25, 0.3) is 0 Å². The minimum atomic E-state index is 0.122. The average molecular weight is 277 g/mol. The highest BCUT2D eigenvalue weighted by Crippen LogP contribution is 2.24. The molecule has 1 aromatic heterocycles. The van der Waals surface area contributed by atoms with Gasteiger partial charge in [0.25, 0.3) is 0 Å². The van der Waals surface area contributed by atoms with Crippen LogP contribution in [0.3, 0.4) is 0 Å². The van der Waals surface area contributed by atoms with Crippen molar-refractivity contribution in [3.05, 3.63) is 46.7 Å². The van der Waals surface area contributed by atoms with Crippen molar-refractivity contribution < 1.29 is 0 Å². The molecule has 1 atom stereocenters. The molecule has 4 nitrogen and oxygen atoms in total. The fourth-order valence-electron chi connectivity index (χ4n) is 1.94. The fraction of sp³-hybridized carbons (Fsp3) is 0.286. The molecule has 3 N–H and O–H groups in total.